The van der Waals surface area contributed by atoms with Crippen LogP contribution in [0.25, 0.3) is 0 Å². The van der Waals surface area contributed by atoms with Crippen LogP contribution >= 0.6 is 12.4 Å². The smallest absolute Gasteiger partial charge is 0.263 e. The minimum absolute atomic E-state index is 0. The molecule has 0 spiro atoms. The van der Waals surface area contributed by atoms with Crippen molar-refractivity contribution in [1.82, 2.24) is 14.9 Å². The molecule has 1 aromatic heterocycles. The number of benzene rings is 1. The molecule has 7 heteroatoms. The van der Waals surface area contributed by atoms with E-state index in [0.717, 1.165) is 12.0 Å². The second-order valence-electron chi connectivity index (χ2n) is 4.85. The van der Waals surface area contributed by atoms with Gasteiger partial charge >= 0.3 is 0 Å². The predicted molar refractivity (Wildman–Crippen MR) is 88.5 cm³/mol. The maximum atomic E-state index is 5.80. The molecule has 0 atom stereocenters. The Morgan fingerprint density at radius 3 is 2.48 bits per heavy atom. The average molecular weight is 309 g/mol. The lowest BCUT2D eigenvalue weighted by Gasteiger charge is -2.04. The molecule has 0 unspecified atom stereocenters. The van der Waals surface area contributed by atoms with Gasteiger partial charge in [0, 0.05) is 6.42 Å². The van der Waals surface area contributed by atoms with Crippen LogP contribution in [-0.4, -0.2) is 21.1 Å². The summed E-state index contributed by atoms with van der Waals surface area (Å²) >= 11 is 0. The highest BCUT2D eigenvalue weighted by Gasteiger charge is 2.05. The number of nitrogens with one attached hydrogen (secondary N) is 1. The zero-order valence-corrected chi connectivity index (χ0v) is 13.3. The van der Waals surface area contributed by atoms with Crippen molar-refractivity contribution in [2.45, 2.75) is 33.1 Å². The Bertz CT molecular complexity index is 588. The molecule has 0 saturated carbocycles. The summed E-state index contributed by atoms with van der Waals surface area (Å²) in [5.41, 5.74) is 5.11. The average Bonchev–Trinajstić information content (AvgIpc) is 2.80. The summed E-state index contributed by atoms with van der Waals surface area (Å²) < 4.78 is 1.40. The van der Waals surface area contributed by atoms with Crippen LogP contribution in [0.1, 0.15) is 43.6 Å². The minimum atomic E-state index is 0. The number of aryl methyl sites for hydroxylation is 1. The highest BCUT2D eigenvalue weighted by atomic mass is 35.5. The van der Waals surface area contributed by atoms with E-state index in [0.29, 0.717) is 17.7 Å². The number of hydrogen-bond donors (Lipinski definition) is 2. The van der Waals surface area contributed by atoms with E-state index < -0.39 is 0 Å². The van der Waals surface area contributed by atoms with Crippen LogP contribution in [0.5, 0.6) is 0 Å². The van der Waals surface area contributed by atoms with Gasteiger partial charge in [-0.05, 0) is 17.0 Å². The van der Waals surface area contributed by atoms with Gasteiger partial charge in [0.05, 0.1) is 6.21 Å². The lowest BCUT2D eigenvalue weighted by molar-refractivity contribution is 0.855. The topological polar surface area (TPSA) is 81.1 Å². The van der Waals surface area contributed by atoms with Crippen molar-refractivity contribution in [3.05, 3.63) is 41.2 Å². The molecule has 21 heavy (non-hydrogen) atoms. The highest BCUT2D eigenvalue weighted by molar-refractivity contribution is 5.85. The molecule has 0 saturated heterocycles. The number of anilines is 1. The van der Waals surface area contributed by atoms with Crippen LogP contribution in [0, 0.1) is 0 Å². The minimum Gasteiger partial charge on any atom is -0.335 e. The number of nitrogens with two attached hydrogens (primary N) is 1. The van der Waals surface area contributed by atoms with E-state index in [4.69, 9.17) is 5.84 Å². The van der Waals surface area contributed by atoms with E-state index in [-0.39, 0.29) is 12.4 Å². The molecular weight excluding hydrogens is 288 g/mol. The molecular formula is C14H21ClN6. The molecule has 3 N–H and O–H groups in total. The number of nitrogen functional groups attached to an aromatic ring is 1. The third-order valence-electron chi connectivity index (χ3n) is 3.06. The number of aromatic nitrogens is 3. The normalized spacial score (nSPS) is 10.9. The quantitative estimate of drug-likeness (QED) is 0.505. The molecule has 0 aliphatic rings. The standard InChI is InChI=1S/C14H20N6.ClH/c1-4-13-17-19-14(20(13)15)18-16-9-11-5-7-12(8-6-11)10(2)3;/h5-10H,4,15H2,1-3H3,(H,18,19);1H/b16-9+;. The Balaban J connectivity index is 0.00000220. The third-order valence-corrected chi connectivity index (χ3v) is 3.06. The summed E-state index contributed by atoms with van der Waals surface area (Å²) in [7, 11) is 0. The maximum Gasteiger partial charge on any atom is 0.263 e. The summed E-state index contributed by atoms with van der Waals surface area (Å²) in [4.78, 5) is 0. The van der Waals surface area contributed by atoms with E-state index >= 15 is 0 Å². The zero-order valence-electron chi connectivity index (χ0n) is 12.4. The first kappa shape index (κ1) is 17.0. The summed E-state index contributed by atoms with van der Waals surface area (Å²) in [5.74, 6) is 7.47. The van der Waals surface area contributed by atoms with Crippen LogP contribution in [0.15, 0.2) is 29.4 Å². The van der Waals surface area contributed by atoms with E-state index in [2.05, 4.69) is 46.7 Å². The Morgan fingerprint density at radius 1 is 1.29 bits per heavy atom. The van der Waals surface area contributed by atoms with Gasteiger partial charge in [-0.2, -0.15) is 5.10 Å². The third kappa shape index (κ3) is 4.19. The van der Waals surface area contributed by atoms with E-state index in [9.17, 15) is 0 Å². The molecule has 1 heterocycles. The van der Waals surface area contributed by atoms with Gasteiger partial charge in [0.25, 0.3) is 5.95 Å². The second-order valence-corrected chi connectivity index (χ2v) is 4.85. The van der Waals surface area contributed by atoms with E-state index in [1.54, 1.807) is 6.21 Å². The van der Waals surface area contributed by atoms with Crippen molar-refractivity contribution < 1.29 is 0 Å². The molecule has 114 valence electrons. The van der Waals surface area contributed by atoms with Gasteiger partial charge in [-0.1, -0.05) is 45.0 Å². The maximum absolute atomic E-state index is 5.80. The first-order chi connectivity index (χ1) is 9.61. The number of rotatable bonds is 5. The van der Waals surface area contributed by atoms with Crippen molar-refractivity contribution in [3.63, 3.8) is 0 Å². The predicted octanol–water partition coefficient (Wildman–Crippen LogP) is 2.55. The molecule has 0 aliphatic carbocycles. The van der Waals surface area contributed by atoms with Crippen molar-refractivity contribution in [3.8, 4) is 0 Å². The second kappa shape index (κ2) is 7.64. The number of hydrazone groups is 1. The lowest BCUT2D eigenvalue weighted by Crippen LogP contribution is -2.14. The molecule has 0 bridgehead atoms. The molecule has 2 rings (SSSR count). The van der Waals surface area contributed by atoms with Crippen molar-refractivity contribution >= 4 is 24.6 Å². The molecule has 0 radical (unpaired) electrons. The van der Waals surface area contributed by atoms with Gasteiger partial charge in [0.15, 0.2) is 5.82 Å². The van der Waals surface area contributed by atoms with Gasteiger partial charge in [-0.15, -0.1) is 22.6 Å². The summed E-state index contributed by atoms with van der Waals surface area (Å²) in [6.45, 7) is 6.31. The summed E-state index contributed by atoms with van der Waals surface area (Å²) in [5, 5.41) is 12.0. The fourth-order valence-electron chi connectivity index (χ4n) is 1.77. The van der Waals surface area contributed by atoms with Crippen molar-refractivity contribution in [2.24, 2.45) is 5.10 Å². The van der Waals surface area contributed by atoms with Crippen LogP contribution in [0.3, 0.4) is 0 Å². The SMILES string of the molecule is CCc1nnc(N/N=C/c2ccc(C(C)C)cc2)n1N.Cl. The Morgan fingerprint density at radius 2 is 1.95 bits per heavy atom. The first-order valence-corrected chi connectivity index (χ1v) is 6.70. The van der Waals surface area contributed by atoms with Gasteiger partial charge in [-0.25, -0.2) is 10.1 Å². The first-order valence-electron chi connectivity index (χ1n) is 6.70. The largest absolute Gasteiger partial charge is 0.335 e. The zero-order chi connectivity index (χ0) is 14.5. The molecule has 0 aliphatic heterocycles. The number of hydrogen-bond acceptors (Lipinski definition) is 5. The van der Waals surface area contributed by atoms with Gasteiger partial charge < -0.3 is 5.84 Å². The van der Waals surface area contributed by atoms with Crippen LogP contribution in [-0.2, 0) is 6.42 Å². The van der Waals surface area contributed by atoms with Crippen LogP contribution < -0.4 is 11.3 Å². The molecule has 1 aromatic carbocycles. The van der Waals surface area contributed by atoms with Crippen molar-refractivity contribution in [2.75, 3.05) is 11.3 Å². The number of halogens is 1. The molecule has 2 aromatic rings. The lowest BCUT2D eigenvalue weighted by atomic mass is 10.0. The summed E-state index contributed by atoms with van der Waals surface area (Å²) in [6.07, 6.45) is 2.45. The van der Waals surface area contributed by atoms with E-state index in [1.807, 2.05) is 19.1 Å². The van der Waals surface area contributed by atoms with Gasteiger partial charge in [0.2, 0.25) is 0 Å². The number of nitrogens with zero attached hydrogens (tertiary/aromatic N) is 4. The van der Waals surface area contributed by atoms with Crippen LogP contribution in [0.4, 0.5) is 5.95 Å². The molecule has 6 nitrogen and oxygen atoms in total. The molecule has 0 amide bonds. The highest BCUT2D eigenvalue weighted by Crippen LogP contribution is 2.13. The van der Waals surface area contributed by atoms with Gasteiger partial charge in [0.1, 0.15) is 0 Å². The summed E-state index contributed by atoms with van der Waals surface area (Å²) in [6, 6.07) is 8.27. The van der Waals surface area contributed by atoms with Crippen LogP contribution in [0.2, 0.25) is 0 Å². The molecule has 0 fully saturated rings. The van der Waals surface area contributed by atoms with Gasteiger partial charge in [-0.3, -0.25) is 0 Å². The Kier molecular flexibility index (Phi) is 6.17. The fourth-order valence-corrected chi connectivity index (χ4v) is 1.77. The fraction of sp³-hybridized carbons (Fsp3) is 0.357. The Labute approximate surface area is 130 Å². The monoisotopic (exact) mass is 308 g/mol. The Hall–Kier alpha value is -2.08. The van der Waals surface area contributed by atoms with Crippen molar-refractivity contribution in [1.29, 1.82) is 0 Å². The van der Waals surface area contributed by atoms with E-state index in [1.165, 1.54) is 10.2 Å².